The van der Waals surface area contributed by atoms with E-state index < -0.39 is 0 Å². The molecule has 1 N–H and O–H groups in total. The maximum atomic E-state index is 12.5. The number of amides is 2. The van der Waals surface area contributed by atoms with Crippen LogP contribution in [0.1, 0.15) is 73.7 Å². The van der Waals surface area contributed by atoms with Gasteiger partial charge in [0.05, 0.1) is 0 Å². The lowest BCUT2D eigenvalue weighted by atomic mass is 9.84. The van der Waals surface area contributed by atoms with Crippen LogP contribution in [0.2, 0.25) is 0 Å². The minimum absolute atomic E-state index is 0.0558. The first-order chi connectivity index (χ1) is 14.2. The minimum atomic E-state index is 0.0558. The second-order valence-corrected chi connectivity index (χ2v) is 8.62. The zero-order chi connectivity index (χ0) is 20.1. The van der Waals surface area contributed by atoms with Gasteiger partial charge in [0.25, 0.3) is 0 Å². The molecule has 1 aliphatic carbocycles. The number of carbonyl (C=O) groups is 1. The van der Waals surface area contributed by atoms with Crippen molar-refractivity contribution in [2.75, 3.05) is 19.6 Å². The molecule has 0 radical (unpaired) electrons. The molecule has 2 aliphatic rings. The monoisotopic (exact) mass is 395 g/mol. The van der Waals surface area contributed by atoms with Crippen LogP contribution in [-0.4, -0.2) is 45.3 Å². The van der Waals surface area contributed by atoms with Crippen molar-refractivity contribution in [1.29, 1.82) is 0 Å². The number of carbonyl (C=O) groups excluding carboxylic acids is 1. The molecule has 1 aromatic carbocycles. The maximum Gasteiger partial charge on any atom is 0.317 e. The average Bonchev–Trinajstić information content (AvgIpc) is 3.21. The number of hydrogen-bond acceptors (Lipinski definition) is 3. The van der Waals surface area contributed by atoms with E-state index in [2.05, 4.69) is 39.8 Å². The van der Waals surface area contributed by atoms with E-state index >= 15 is 0 Å². The Morgan fingerprint density at radius 1 is 1.03 bits per heavy atom. The second kappa shape index (κ2) is 9.42. The van der Waals surface area contributed by atoms with Gasteiger partial charge in [-0.05, 0) is 49.1 Å². The normalized spacial score (nSPS) is 18.7. The van der Waals surface area contributed by atoms with Gasteiger partial charge in [-0.1, -0.05) is 43.5 Å². The Labute approximate surface area is 173 Å². The Kier molecular flexibility index (Phi) is 6.47. The predicted octanol–water partition coefficient (Wildman–Crippen LogP) is 3.99. The van der Waals surface area contributed by atoms with Crippen molar-refractivity contribution in [2.45, 2.75) is 63.2 Å². The number of urea groups is 1. The van der Waals surface area contributed by atoms with E-state index in [9.17, 15) is 4.79 Å². The number of piperidine rings is 1. The third kappa shape index (κ3) is 4.98. The molecule has 0 spiro atoms. The number of rotatable bonds is 5. The van der Waals surface area contributed by atoms with Crippen LogP contribution in [0, 0.1) is 0 Å². The van der Waals surface area contributed by atoms with Gasteiger partial charge in [-0.15, -0.1) is 10.2 Å². The summed E-state index contributed by atoms with van der Waals surface area (Å²) >= 11 is 0. The van der Waals surface area contributed by atoms with Gasteiger partial charge in [-0.25, -0.2) is 4.79 Å². The van der Waals surface area contributed by atoms with E-state index in [0.29, 0.717) is 12.5 Å². The van der Waals surface area contributed by atoms with E-state index in [0.717, 1.165) is 44.1 Å². The van der Waals surface area contributed by atoms with E-state index in [1.54, 1.807) is 6.33 Å². The highest BCUT2D eigenvalue weighted by Crippen LogP contribution is 2.32. The lowest BCUT2D eigenvalue weighted by Gasteiger charge is -2.31. The smallest absolute Gasteiger partial charge is 0.317 e. The third-order valence-electron chi connectivity index (χ3n) is 6.64. The van der Waals surface area contributed by atoms with Crippen molar-refractivity contribution in [2.24, 2.45) is 7.05 Å². The van der Waals surface area contributed by atoms with Crippen LogP contribution in [0.25, 0.3) is 0 Å². The standard InChI is InChI=1S/C23H33N5O/c1-27-17-25-26-22(27)21-12-15-28(16-13-21)23(29)24-14-11-18-7-9-20(10-8-18)19-5-3-2-4-6-19/h7-10,17,19,21H,2-6,11-16H2,1H3,(H,24,29). The summed E-state index contributed by atoms with van der Waals surface area (Å²) in [5.41, 5.74) is 2.79. The fourth-order valence-electron chi connectivity index (χ4n) is 4.82. The van der Waals surface area contributed by atoms with E-state index in [1.807, 2.05) is 16.5 Å². The molecular weight excluding hydrogens is 362 g/mol. The van der Waals surface area contributed by atoms with Gasteiger partial charge in [0.1, 0.15) is 12.2 Å². The molecule has 0 atom stereocenters. The van der Waals surface area contributed by atoms with E-state index in [1.165, 1.54) is 43.2 Å². The first-order valence-electron chi connectivity index (χ1n) is 11.2. The molecule has 0 unspecified atom stereocenters. The number of likely N-dealkylation sites (tertiary alicyclic amines) is 1. The molecule has 6 heteroatoms. The van der Waals surface area contributed by atoms with Crippen molar-refractivity contribution in [3.05, 3.63) is 47.5 Å². The number of nitrogens with zero attached hydrogens (tertiary/aromatic N) is 4. The Morgan fingerprint density at radius 2 is 1.76 bits per heavy atom. The van der Waals surface area contributed by atoms with Crippen LogP contribution in [0.3, 0.4) is 0 Å². The Bertz CT molecular complexity index is 786. The summed E-state index contributed by atoms with van der Waals surface area (Å²) in [7, 11) is 1.98. The first kappa shape index (κ1) is 19.9. The predicted molar refractivity (Wildman–Crippen MR) is 114 cm³/mol. The summed E-state index contributed by atoms with van der Waals surface area (Å²) in [4.78, 5) is 14.4. The number of aryl methyl sites for hydroxylation is 1. The lowest BCUT2D eigenvalue weighted by Crippen LogP contribution is -2.44. The molecule has 1 aliphatic heterocycles. The molecule has 2 heterocycles. The molecule has 6 nitrogen and oxygen atoms in total. The number of aromatic nitrogens is 3. The fraction of sp³-hybridized carbons (Fsp3) is 0.609. The molecule has 1 saturated heterocycles. The topological polar surface area (TPSA) is 63.1 Å². The molecule has 4 rings (SSSR count). The zero-order valence-electron chi connectivity index (χ0n) is 17.5. The molecule has 2 aromatic rings. The van der Waals surface area contributed by atoms with Crippen molar-refractivity contribution in [1.82, 2.24) is 25.0 Å². The number of hydrogen-bond donors (Lipinski definition) is 1. The van der Waals surface area contributed by atoms with E-state index in [-0.39, 0.29) is 6.03 Å². The van der Waals surface area contributed by atoms with Crippen LogP contribution in [-0.2, 0) is 13.5 Å². The van der Waals surface area contributed by atoms with E-state index in [4.69, 9.17) is 0 Å². The van der Waals surface area contributed by atoms with Gasteiger partial charge in [0.15, 0.2) is 0 Å². The molecule has 1 aromatic heterocycles. The summed E-state index contributed by atoms with van der Waals surface area (Å²) in [5.74, 6) is 2.18. The summed E-state index contributed by atoms with van der Waals surface area (Å²) in [6.07, 6.45) is 11.3. The quantitative estimate of drug-likeness (QED) is 0.832. The summed E-state index contributed by atoms with van der Waals surface area (Å²) in [6.45, 7) is 2.24. The molecular formula is C23H33N5O. The largest absolute Gasteiger partial charge is 0.338 e. The van der Waals surface area contributed by atoms with Gasteiger partial charge in [0.2, 0.25) is 0 Å². The Hall–Kier alpha value is -2.37. The van der Waals surface area contributed by atoms with Crippen LogP contribution >= 0.6 is 0 Å². The second-order valence-electron chi connectivity index (χ2n) is 8.62. The SMILES string of the molecule is Cn1cnnc1C1CCN(C(=O)NCCc2ccc(C3CCCCC3)cc2)CC1. The van der Waals surface area contributed by atoms with Crippen LogP contribution in [0.4, 0.5) is 4.79 Å². The van der Waals surface area contributed by atoms with Crippen molar-refractivity contribution in [3.8, 4) is 0 Å². The van der Waals surface area contributed by atoms with Gasteiger partial charge in [0, 0.05) is 32.6 Å². The summed E-state index contributed by atoms with van der Waals surface area (Å²) < 4.78 is 1.99. The number of benzene rings is 1. The Morgan fingerprint density at radius 3 is 2.41 bits per heavy atom. The van der Waals surface area contributed by atoms with Crippen LogP contribution < -0.4 is 5.32 Å². The van der Waals surface area contributed by atoms with Crippen molar-refractivity contribution in [3.63, 3.8) is 0 Å². The fourth-order valence-corrected chi connectivity index (χ4v) is 4.82. The molecule has 2 amide bonds. The zero-order valence-corrected chi connectivity index (χ0v) is 17.5. The lowest BCUT2D eigenvalue weighted by molar-refractivity contribution is 0.180. The molecule has 156 valence electrons. The number of nitrogens with one attached hydrogen (secondary N) is 1. The highest BCUT2D eigenvalue weighted by Gasteiger charge is 2.26. The van der Waals surface area contributed by atoms with Crippen molar-refractivity contribution < 1.29 is 4.79 Å². The van der Waals surface area contributed by atoms with Gasteiger partial charge in [-0.3, -0.25) is 0 Å². The third-order valence-corrected chi connectivity index (χ3v) is 6.64. The van der Waals surface area contributed by atoms with Gasteiger partial charge >= 0.3 is 6.03 Å². The van der Waals surface area contributed by atoms with Crippen LogP contribution in [0.15, 0.2) is 30.6 Å². The van der Waals surface area contributed by atoms with Crippen molar-refractivity contribution >= 4 is 6.03 Å². The highest BCUT2D eigenvalue weighted by molar-refractivity contribution is 5.74. The molecule has 0 bridgehead atoms. The minimum Gasteiger partial charge on any atom is -0.338 e. The molecule has 1 saturated carbocycles. The maximum absolute atomic E-state index is 12.5. The highest BCUT2D eigenvalue weighted by atomic mass is 16.2. The summed E-state index contributed by atoms with van der Waals surface area (Å²) in [6, 6.07) is 9.12. The van der Waals surface area contributed by atoms with Gasteiger partial charge < -0.3 is 14.8 Å². The first-order valence-corrected chi connectivity index (χ1v) is 11.2. The Balaban J connectivity index is 1.19. The van der Waals surface area contributed by atoms with Crippen LogP contribution in [0.5, 0.6) is 0 Å². The average molecular weight is 396 g/mol. The summed E-state index contributed by atoms with van der Waals surface area (Å²) in [5, 5.41) is 11.3. The molecule has 29 heavy (non-hydrogen) atoms. The van der Waals surface area contributed by atoms with Gasteiger partial charge in [-0.2, -0.15) is 0 Å². The molecule has 2 fully saturated rings.